The zero-order valence-corrected chi connectivity index (χ0v) is 10.2. The van der Waals surface area contributed by atoms with Crippen molar-refractivity contribution in [2.24, 2.45) is 5.92 Å². The third-order valence-corrected chi connectivity index (χ3v) is 2.99. The van der Waals surface area contributed by atoms with Crippen molar-refractivity contribution in [2.75, 3.05) is 0 Å². The highest BCUT2D eigenvalue weighted by atomic mass is 35.5. The molecule has 0 N–H and O–H groups in total. The molecule has 0 saturated heterocycles. The number of hydrogen-bond acceptors (Lipinski definition) is 0. The molecule has 0 aromatic heterocycles. The highest BCUT2D eigenvalue weighted by molar-refractivity contribution is 6.30. The average Bonchev–Trinajstić information content (AvgIpc) is 2.14. The van der Waals surface area contributed by atoms with Gasteiger partial charge in [0.05, 0.1) is 5.56 Å². The number of halogens is 4. The molecule has 0 saturated carbocycles. The lowest BCUT2D eigenvalue weighted by Crippen LogP contribution is -2.08. The minimum atomic E-state index is -4.34. The Bertz CT molecular complexity index is 369. The Morgan fingerprint density at radius 1 is 1.06 bits per heavy atom. The van der Waals surface area contributed by atoms with Crippen LogP contribution >= 0.6 is 11.6 Å². The fraction of sp³-hybridized carbons (Fsp3) is 0.500. The van der Waals surface area contributed by atoms with E-state index in [9.17, 15) is 13.2 Å². The highest BCUT2D eigenvalue weighted by Crippen LogP contribution is 2.35. The van der Waals surface area contributed by atoms with E-state index >= 15 is 0 Å². The summed E-state index contributed by atoms with van der Waals surface area (Å²) in [5.41, 5.74) is -0.0441. The van der Waals surface area contributed by atoms with Crippen LogP contribution in [-0.4, -0.2) is 0 Å². The summed E-state index contributed by atoms with van der Waals surface area (Å²) in [5, 5.41) is 0.136. The normalized spacial score (nSPS) is 14.2. The van der Waals surface area contributed by atoms with Crippen molar-refractivity contribution in [3.8, 4) is 0 Å². The van der Waals surface area contributed by atoms with Crippen LogP contribution in [0.3, 0.4) is 0 Å². The summed E-state index contributed by atoms with van der Waals surface area (Å²) in [6.45, 7) is 5.84. The van der Waals surface area contributed by atoms with Gasteiger partial charge < -0.3 is 0 Å². The molecule has 1 rings (SSSR count). The predicted octanol–water partition coefficient (Wildman–Crippen LogP) is 5.12. The van der Waals surface area contributed by atoms with Crippen molar-refractivity contribution in [1.82, 2.24) is 0 Å². The maximum atomic E-state index is 12.6. The van der Waals surface area contributed by atoms with Gasteiger partial charge in [-0.1, -0.05) is 32.4 Å². The molecule has 0 nitrogen and oxygen atoms in total. The molecule has 1 aromatic rings. The van der Waals surface area contributed by atoms with Gasteiger partial charge in [-0.15, -0.1) is 0 Å². The maximum Gasteiger partial charge on any atom is 0.416 e. The molecule has 0 amide bonds. The summed E-state index contributed by atoms with van der Waals surface area (Å²) >= 11 is 5.70. The standard InChI is InChI=1S/C12H14ClF3/c1-7(2)8(3)9-4-10(12(14,15)16)6-11(13)5-9/h4-8H,1-3H3/t8-/m1/s1. The molecule has 4 heteroatoms. The van der Waals surface area contributed by atoms with E-state index < -0.39 is 11.7 Å². The molecule has 90 valence electrons. The summed E-state index contributed by atoms with van der Waals surface area (Å²) in [5.74, 6) is 0.333. The lowest BCUT2D eigenvalue weighted by Gasteiger charge is -2.18. The van der Waals surface area contributed by atoms with E-state index in [0.717, 1.165) is 6.07 Å². The van der Waals surface area contributed by atoms with Crippen LogP contribution in [0.4, 0.5) is 13.2 Å². The van der Waals surface area contributed by atoms with Crippen LogP contribution in [0.25, 0.3) is 0 Å². The number of benzene rings is 1. The first-order chi connectivity index (χ1) is 7.21. The highest BCUT2D eigenvalue weighted by Gasteiger charge is 2.31. The van der Waals surface area contributed by atoms with Gasteiger partial charge in [-0.2, -0.15) is 13.2 Å². The molecule has 0 aliphatic heterocycles. The largest absolute Gasteiger partial charge is 0.416 e. The van der Waals surface area contributed by atoms with Gasteiger partial charge >= 0.3 is 6.18 Å². The van der Waals surface area contributed by atoms with Gasteiger partial charge in [-0.25, -0.2) is 0 Å². The van der Waals surface area contributed by atoms with Crippen molar-refractivity contribution in [3.63, 3.8) is 0 Å². The zero-order chi connectivity index (χ0) is 12.5. The van der Waals surface area contributed by atoms with Gasteiger partial charge in [0.25, 0.3) is 0 Å². The molecule has 16 heavy (non-hydrogen) atoms. The lowest BCUT2D eigenvalue weighted by molar-refractivity contribution is -0.137. The fourth-order valence-electron chi connectivity index (χ4n) is 1.42. The van der Waals surface area contributed by atoms with Gasteiger partial charge in [0.2, 0.25) is 0 Å². The zero-order valence-electron chi connectivity index (χ0n) is 9.40. The lowest BCUT2D eigenvalue weighted by atomic mass is 9.89. The molecule has 0 bridgehead atoms. The Hall–Kier alpha value is -0.700. The van der Waals surface area contributed by atoms with Crippen LogP contribution in [0, 0.1) is 5.92 Å². The van der Waals surface area contributed by atoms with Crippen molar-refractivity contribution >= 4 is 11.6 Å². The monoisotopic (exact) mass is 250 g/mol. The van der Waals surface area contributed by atoms with Gasteiger partial charge in [0, 0.05) is 5.02 Å². The molecule has 0 aliphatic rings. The SMILES string of the molecule is CC(C)[C@@H](C)c1cc(Cl)cc(C(F)(F)F)c1. The summed E-state index contributed by atoms with van der Waals surface area (Å²) in [6.07, 6.45) is -4.34. The van der Waals surface area contributed by atoms with E-state index in [1.165, 1.54) is 6.07 Å². The smallest absolute Gasteiger partial charge is 0.166 e. The van der Waals surface area contributed by atoms with E-state index in [4.69, 9.17) is 11.6 Å². The van der Waals surface area contributed by atoms with Crippen LogP contribution < -0.4 is 0 Å². The van der Waals surface area contributed by atoms with Gasteiger partial charge in [0.15, 0.2) is 0 Å². The topological polar surface area (TPSA) is 0 Å². The molecule has 0 spiro atoms. The van der Waals surface area contributed by atoms with Gasteiger partial charge in [0.1, 0.15) is 0 Å². The van der Waals surface area contributed by atoms with Crippen molar-refractivity contribution in [3.05, 3.63) is 34.3 Å². The molecular formula is C12H14ClF3. The Morgan fingerprint density at radius 2 is 1.62 bits per heavy atom. The Kier molecular flexibility index (Phi) is 3.89. The van der Waals surface area contributed by atoms with Crippen LogP contribution in [0.2, 0.25) is 5.02 Å². The minimum absolute atomic E-state index is 0.0554. The molecule has 0 fully saturated rings. The van der Waals surface area contributed by atoms with Crippen LogP contribution in [-0.2, 0) is 6.18 Å². The Morgan fingerprint density at radius 3 is 2.06 bits per heavy atom. The van der Waals surface area contributed by atoms with E-state index in [2.05, 4.69) is 0 Å². The van der Waals surface area contributed by atoms with E-state index in [0.29, 0.717) is 5.56 Å². The van der Waals surface area contributed by atoms with Crippen molar-refractivity contribution in [2.45, 2.75) is 32.9 Å². The summed E-state index contributed by atoms with van der Waals surface area (Å²) in [4.78, 5) is 0. The fourth-order valence-corrected chi connectivity index (χ4v) is 1.67. The molecule has 0 heterocycles. The number of alkyl halides is 3. The second kappa shape index (κ2) is 4.66. The molecule has 1 aromatic carbocycles. The maximum absolute atomic E-state index is 12.6. The minimum Gasteiger partial charge on any atom is -0.166 e. The number of rotatable bonds is 2. The van der Waals surface area contributed by atoms with E-state index in [1.54, 1.807) is 6.07 Å². The van der Waals surface area contributed by atoms with Gasteiger partial charge in [-0.3, -0.25) is 0 Å². The van der Waals surface area contributed by atoms with Crippen molar-refractivity contribution in [1.29, 1.82) is 0 Å². The van der Waals surface area contributed by atoms with Crippen LogP contribution in [0.1, 0.15) is 37.8 Å². The Balaban J connectivity index is 3.18. The second-order valence-corrected chi connectivity index (χ2v) is 4.74. The third-order valence-electron chi connectivity index (χ3n) is 2.77. The quantitative estimate of drug-likeness (QED) is 0.684. The molecule has 0 unspecified atom stereocenters. The first-order valence-corrected chi connectivity index (χ1v) is 5.47. The second-order valence-electron chi connectivity index (χ2n) is 4.30. The number of hydrogen-bond donors (Lipinski definition) is 0. The van der Waals surface area contributed by atoms with Gasteiger partial charge in [-0.05, 0) is 35.6 Å². The first kappa shape index (κ1) is 13.4. The summed E-state index contributed by atoms with van der Waals surface area (Å²) in [7, 11) is 0. The van der Waals surface area contributed by atoms with Crippen LogP contribution in [0.5, 0.6) is 0 Å². The molecular weight excluding hydrogens is 237 g/mol. The van der Waals surface area contributed by atoms with E-state index in [-0.39, 0.29) is 16.9 Å². The Labute approximate surface area is 98.4 Å². The predicted molar refractivity (Wildman–Crippen MR) is 59.7 cm³/mol. The average molecular weight is 251 g/mol. The molecule has 0 aliphatic carbocycles. The third kappa shape index (κ3) is 3.14. The summed E-state index contributed by atoms with van der Waals surface area (Å²) < 4.78 is 37.7. The molecule has 1 atom stereocenters. The van der Waals surface area contributed by atoms with E-state index in [1.807, 2.05) is 20.8 Å². The van der Waals surface area contributed by atoms with Crippen molar-refractivity contribution < 1.29 is 13.2 Å². The first-order valence-electron chi connectivity index (χ1n) is 5.09. The van der Waals surface area contributed by atoms with Crippen LogP contribution in [0.15, 0.2) is 18.2 Å². The summed E-state index contributed by atoms with van der Waals surface area (Å²) in [6, 6.07) is 3.73. The molecule has 0 radical (unpaired) electrons.